The van der Waals surface area contributed by atoms with Crippen LogP contribution < -0.4 is 15.4 Å². The minimum Gasteiger partial charge on any atom is -0.494 e. The Bertz CT molecular complexity index is 1600. The molecule has 1 aliphatic heterocycles. The number of carbonyl (C=O) groups excluding carboxylic acids is 1. The molecule has 4 aromatic carbocycles. The van der Waals surface area contributed by atoms with Gasteiger partial charge in [0.2, 0.25) is 0 Å². The number of aromatic nitrogens is 1. The van der Waals surface area contributed by atoms with E-state index < -0.39 is 0 Å². The van der Waals surface area contributed by atoms with Gasteiger partial charge in [-0.2, -0.15) is 0 Å². The average molecular weight is 558 g/mol. The Labute approximate surface area is 248 Å². The lowest BCUT2D eigenvalue weighted by atomic mass is 9.83. The molecule has 0 spiro atoms. The molecule has 0 bridgehead atoms. The Morgan fingerprint density at radius 3 is 2.38 bits per heavy atom. The highest BCUT2D eigenvalue weighted by Crippen LogP contribution is 2.39. The van der Waals surface area contributed by atoms with Crippen LogP contribution >= 0.6 is 0 Å². The van der Waals surface area contributed by atoms with E-state index in [9.17, 15) is 4.79 Å². The van der Waals surface area contributed by atoms with Crippen molar-refractivity contribution in [1.29, 1.82) is 0 Å². The van der Waals surface area contributed by atoms with Gasteiger partial charge < -0.3 is 20.4 Å². The largest absolute Gasteiger partial charge is 0.494 e. The van der Waals surface area contributed by atoms with Crippen molar-refractivity contribution in [3.8, 4) is 5.75 Å². The zero-order chi connectivity index (χ0) is 28.7. The number of hydrogen-bond acceptors (Lipinski definition) is 3. The van der Waals surface area contributed by atoms with Crippen LogP contribution in [-0.2, 0) is 6.42 Å². The average Bonchev–Trinajstić information content (AvgIpc) is 3.68. The molecule has 1 amide bonds. The highest BCUT2D eigenvalue weighted by molar-refractivity contribution is 6.08. The molecule has 1 fully saturated rings. The zero-order valence-electron chi connectivity index (χ0n) is 24.2. The Morgan fingerprint density at radius 1 is 0.905 bits per heavy atom. The van der Waals surface area contributed by atoms with Gasteiger partial charge in [0.15, 0.2) is 0 Å². The number of aromatic amines is 1. The maximum absolute atomic E-state index is 13.9. The molecule has 2 unspecified atom stereocenters. The molecule has 42 heavy (non-hydrogen) atoms. The molecule has 5 nitrogen and oxygen atoms in total. The van der Waals surface area contributed by atoms with Crippen LogP contribution in [0.2, 0.25) is 0 Å². The Hall–Kier alpha value is -4.35. The predicted molar refractivity (Wildman–Crippen MR) is 172 cm³/mol. The first-order valence-corrected chi connectivity index (χ1v) is 15.2. The summed E-state index contributed by atoms with van der Waals surface area (Å²) < 4.78 is 6.11. The second kappa shape index (κ2) is 13.1. The lowest BCUT2D eigenvalue weighted by Crippen LogP contribution is -2.23. The van der Waals surface area contributed by atoms with Gasteiger partial charge in [-0.3, -0.25) is 4.79 Å². The summed E-state index contributed by atoms with van der Waals surface area (Å²) in [5.41, 5.74) is 6.78. The first-order chi connectivity index (χ1) is 20.7. The van der Waals surface area contributed by atoms with Crippen molar-refractivity contribution in [3.05, 3.63) is 131 Å². The second-order valence-corrected chi connectivity index (χ2v) is 11.2. The van der Waals surface area contributed by atoms with Crippen molar-refractivity contribution in [2.45, 2.75) is 51.0 Å². The summed E-state index contributed by atoms with van der Waals surface area (Å²) >= 11 is 0. The molecule has 3 N–H and O–H groups in total. The Balaban J connectivity index is 1.33. The SMILES string of the molecule is CCCc1ccc(NC(=O)c2[nH]c3ccccc3c2C(c2ccccc2)c2ccc(OCCC3CCCN3)cc2)cc1. The molecular formula is C37H39N3O2. The van der Waals surface area contributed by atoms with Gasteiger partial charge in [0, 0.05) is 34.1 Å². The third kappa shape index (κ3) is 6.27. The van der Waals surface area contributed by atoms with E-state index in [1.807, 2.05) is 36.4 Å². The molecule has 6 rings (SSSR count). The summed E-state index contributed by atoms with van der Waals surface area (Å²) in [6.45, 7) is 3.98. The number of amides is 1. The molecule has 5 aromatic rings. The fraction of sp³-hybridized carbons (Fsp3) is 0.270. The first kappa shape index (κ1) is 27.8. The summed E-state index contributed by atoms with van der Waals surface area (Å²) in [5.74, 6) is 0.574. The van der Waals surface area contributed by atoms with Crippen molar-refractivity contribution in [2.75, 3.05) is 18.5 Å². The normalized spacial score (nSPS) is 15.5. The number of H-pyrrole nitrogens is 1. The smallest absolute Gasteiger partial charge is 0.272 e. The van der Waals surface area contributed by atoms with E-state index in [2.05, 4.69) is 89.3 Å². The number of ether oxygens (including phenoxy) is 1. The van der Waals surface area contributed by atoms with E-state index in [4.69, 9.17) is 4.74 Å². The van der Waals surface area contributed by atoms with E-state index in [1.54, 1.807) is 0 Å². The fourth-order valence-corrected chi connectivity index (χ4v) is 6.13. The third-order valence-electron chi connectivity index (χ3n) is 8.26. The molecule has 0 radical (unpaired) electrons. The van der Waals surface area contributed by atoms with Gasteiger partial charge in [-0.05, 0) is 79.3 Å². The Kier molecular flexibility index (Phi) is 8.67. The van der Waals surface area contributed by atoms with E-state index in [-0.39, 0.29) is 11.8 Å². The fourth-order valence-electron chi connectivity index (χ4n) is 6.13. The number of fused-ring (bicyclic) bond motifs is 1. The summed E-state index contributed by atoms with van der Waals surface area (Å²) in [5, 5.41) is 7.72. The van der Waals surface area contributed by atoms with Crippen LogP contribution in [-0.4, -0.2) is 30.1 Å². The van der Waals surface area contributed by atoms with Crippen LogP contribution in [0.3, 0.4) is 0 Å². The molecule has 214 valence electrons. The number of hydrogen-bond donors (Lipinski definition) is 3. The minimum absolute atomic E-state index is 0.147. The van der Waals surface area contributed by atoms with Gasteiger partial charge in [0.1, 0.15) is 11.4 Å². The number of carbonyl (C=O) groups is 1. The van der Waals surface area contributed by atoms with Gasteiger partial charge in [0.25, 0.3) is 5.91 Å². The van der Waals surface area contributed by atoms with Gasteiger partial charge in [-0.25, -0.2) is 0 Å². The number of nitrogens with one attached hydrogen (secondary N) is 3. The molecule has 2 atom stereocenters. The van der Waals surface area contributed by atoms with Crippen LogP contribution in [0, 0.1) is 0 Å². The van der Waals surface area contributed by atoms with E-state index in [0.29, 0.717) is 18.3 Å². The number of aryl methyl sites for hydroxylation is 1. The van der Waals surface area contributed by atoms with E-state index in [1.165, 1.54) is 18.4 Å². The summed E-state index contributed by atoms with van der Waals surface area (Å²) in [4.78, 5) is 17.4. The molecule has 5 heteroatoms. The molecule has 0 saturated carbocycles. The summed E-state index contributed by atoms with van der Waals surface area (Å²) in [6.07, 6.45) is 5.62. The zero-order valence-corrected chi connectivity index (χ0v) is 24.2. The summed E-state index contributed by atoms with van der Waals surface area (Å²) in [6, 6.07) is 35.7. The molecule has 0 aliphatic carbocycles. The number of anilines is 1. The highest BCUT2D eigenvalue weighted by Gasteiger charge is 2.27. The van der Waals surface area contributed by atoms with Crippen molar-refractivity contribution in [2.24, 2.45) is 0 Å². The molecule has 1 saturated heterocycles. The third-order valence-corrected chi connectivity index (χ3v) is 8.26. The van der Waals surface area contributed by atoms with Crippen molar-refractivity contribution >= 4 is 22.5 Å². The number of benzene rings is 4. The quantitative estimate of drug-likeness (QED) is 0.154. The van der Waals surface area contributed by atoms with Crippen LogP contribution in [0.5, 0.6) is 5.75 Å². The van der Waals surface area contributed by atoms with Crippen molar-refractivity contribution in [1.82, 2.24) is 10.3 Å². The first-order valence-electron chi connectivity index (χ1n) is 15.2. The maximum Gasteiger partial charge on any atom is 0.272 e. The van der Waals surface area contributed by atoms with Gasteiger partial charge in [0.05, 0.1) is 6.61 Å². The lowest BCUT2D eigenvalue weighted by molar-refractivity contribution is 0.102. The molecular weight excluding hydrogens is 518 g/mol. The summed E-state index contributed by atoms with van der Waals surface area (Å²) in [7, 11) is 0. The Morgan fingerprint density at radius 2 is 1.64 bits per heavy atom. The van der Waals surface area contributed by atoms with Gasteiger partial charge in [-0.1, -0.05) is 86.1 Å². The standard InChI is InChI=1S/C37H39N3O2/c1-2-9-26-15-19-30(20-16-26)39-37(41)36-35(32-13-6-7-14-33(32)40-36)34(27-10-4-3-5-11-27)28-17-21-31(22-18-28)42-25-23-29-12-8-24-38-29/h3-7,10-11,13-22,29,34,38,40H,2,8-9,12,23-25H2,1H3,(H,39,41). The molecule has 2 heterocycles. The van der Waals surface area contributed by atoms with E-state index in [0.717, 1.165) is 64.8 Å². The van der Waals surface area contributed by atoms with E-state index >= 15 is 0 Å². The van der Waals surface area contributed by atoms with Gasteiger partial charge in [-0.15, -0.1) is 0 Å². The van der Waals surface area contributed by atoms with Crippen LogP contribution in [0.25, 0.3) is 10.9 Å². The number of para-hydroxylation sites is 1. The lowest BCUT2D eigenvalue weighted by Gasteiger charge is -2.21. The highest BCUT2D eigenvalue weighted by atomic mass is 16.5. The topological polar surface area (TPSA) is 66.2 Å². The minimum atomic E-state index is -0.147. The van der Waals surface area contributed by atoms with Crippen LogP contribution in [0.4, 0.5) is 5.69 Å². The molecule has 1 aliphatic rings. The van der Waals surface area contributed by atoms with Crippen LogP contribution in [0.15, 0.2) is 103 Å². The van der Waals surface area contributed by atoms with Crippen molar-refractivity contribution in [3.63, 3.8) is 0 Å². The van der Waals surface area contributed by atoms with Crippen molar-refractivity contribution < 1.29 is 9.53 Å². The maximum atomic E-state index is 13.9. The molecule has 1 aromatic heterocycles. The second-order valence-electron chi connectivity index (χ2n) is 11.2. The number of rotatable bonds is 11. The monoisotopic (exact) mass is 557 g/mol. The van der Waals surface area contributed by atoms with Gasteiger partial charge >= 0.3 is 0 Å². The predicted octanol–water partition coefficient (Wildman–Crippen LogP) is 8.07. The van der Waals surface area contributed by atoms with Crippen LogP contribution in [0.1, 0.15) is 71.3 Å².